The Morgan fingerprint density at radius 2 is 2.00 bits per heavy atom. The van der Waals surface area contributed by atoms with Gasteiger partial charge in [-0.15, -0.1) is 0 Å². The van der Waals surface area contributed by atoms with Gasteiger partial charge in [-0.3, -0.25) is 4.79 Å². The molecule has 0 aromatic heterocycles. The van der Waals surface area contributed by atoms with E-state index in [-0.39, 0.29) is 18.0 Å². The van der Waals surface area contributed by atoms with E-state index in [0.717, 1.165) is 32.2 Å². The van der Waals surface area contributed by atoms with Crippen molar-refractivity contribution in [3.05, 3.63) is 70.3 Å². The van der Waals surface area contributed by atoms with Crippen LogP contribution in [0.25, 0.3) is 0 Å². The second kappa shape index (κ2) is 6.40. The van der Waals surface area contributed by atoms with Crippen molar-refractivity contribution in [3.8, 4) is 0 Å². The van der Waals surface area contributed by atoms with Crippen LogP contribution in [0.3, 0.4) is 0 Å². The highest BCUT2D eigenvalue weighted by atomic mass is 16.2. The summed E-state index contributed by atoms with van der Waals surface area (Å²) in [6, 6.07) is 15.0. The van der Waals surface area contributed by atoms with Crippen LogP contribution in [-0.4, -0.2) is 11.9 Å². The molecular weight excluding hydrogens is 296 g/mol. The minimum absolute atomic E-state index is 0.128. The van der Waals surface area contributed by atoms with Gasteiger partial charge in [0.05, 0.1) is 12.1 Å². The summed E-state index contributed by atoms with van der Waals surface area (Å²) in [5.41, 5.74) is 6.57. The van der Waals surface area contributed by atoms with Gasteiger partial charge in [-0.25, -0.2) is 0 Å². The molecule has 0 saturated carbocycles. The molecule has 0 spiro atoms. The lowest BCUT2D eigenvalue weighted by molar-refractivity contribution is -0.124. The number of carbonyl (C=O) groups excluding carboxylic acids is 1. The van der Waals surface area contributed by atoms with Crippen molar-refractivity contribution in [2.75, 3.05) is 0 Å². The van der Waals surface area contributed by atoms with E-state index in [1.54, 1.807) is 0 Å². The van der Waals surface area contributed by atoms with E-state index < -0.39 is 0 Å². The molecule has 1 amide bonds. The highest BCUT2D eigenvalue weighted by Gasteiger charge is 2.28. The molecule has 2 aromatic carbocycles. The summed E-state index contributed by atoms with van der Waals surface area (Å²) in [5, 5.41) is 6.69. The van der Waals surface area contributed by atoms with Gasteiger partial charge in [0.1, 0.15) is 0 Å². The van der Waals surface area contributed by atoms with Gasteiger partial charge in [0.25, 0.3) is 0 Å². The Morgan fingerprint density at radius 3 is 2.92 bits per heavy atom. The molecule has 0 radical (unpaired) electrons. The van der Waals surface area contributed by atoms with Crippen molar-refractivity contribution in [3.63, 3.8) is 0 Å². The van der Waals surface area contributed by atoms with Crippen molar-refractivity contribution >= 4 is 5.91 Å². The molecule has 1 aliphatic heterocycles. The monoisotopic (exact) mass is 320 g/mol. The van der Waals surface area contributed by atoms with Crippen LogP contribution in [0.5, 0.6) is 0 Å². The average molecular weight is 320 g/mol. The maximum atomic E-state index is 12.8. The lowest BCUT2D eigenvalue weighted by atomic mass is 9.87. The first-order valence-electron chi connectivity index (χ1n) is 8.90. The summed E-state index contributed by atoms with van der Waals surface area (Å²) in [7, 11) is 0. The smallest absolute Gasteiger partial charge is 0.237 e. The minimum Gasteiger partial charge on any atom is -0.348 e. The van der Waals surface area contributed by atoms with Crippen molar-refractivity contribution < 1.29 is 4.79 Å². The largest absolute Gasteiger partial charge is 0.348 e. The van der Waals surface area contributed by atoms with Gasteiger partial charge < -0.3 is 10.6 Å². The molecule has 124 valence electrons. The molecule has 2 aromatic rings. The maximum absolute atomic E-state index is 12.8. The summed E-state index contributed by atoms with van der Waals surface area (Å²) in [6.07, 6.45) is 4.07. The van der Waals surface area contributed by atoms with E-state index in [9.17, 15) is 4.79 Å². The zero-order chi connectivity index (χ0) is 16.5. The molecule has 24 heavy (non-hydrogen) atoms. The first-order valence-corrected chi connectivity index (χ1v) is 8.90. The van der Waals surface area contributed by atoms with Crippen molar-refractivity contribution in [2.24, 2.45) is 0 Å². The number of benzene rings is 2. The number of nitrogens with one attached hydrogen (secondary N) is 2. The number of hydrogen-bond donors (Lipinski definition) is 2. The van der Waals surface area contributed by atoms with E-state index in [1.165, 1.54) is 27.8 Å². The van der Waals surface area contributed by atoms with Crippen molar-refractivity contribution in [1.82, 2.24) is 10.6 Å². The van der Waals surface area contributed by atoms with Crippen LogP contribution in [-0.2, 0) is 24.2 Å². The molecule has 2 aliphatic rings. The third-order valence-corrected chi connectivity index (χ3v) is 5.33. The van der Waals surface area contributed by atoms with Crippen LogP contribution in [0.4, 0.5) is 0 Å². The van der Waals surface area contributed by atoms with Gasteiger partial charge >= 0.3 is 0 Å². The Hall–Kier alpha value is -2.13. The molecule has 3 nitrogen and oxygen atoms in total. The van der Waals surface area contributed by atoms with Crippen molar-refractivity contribution in [2.45, 2.75) is 51.2 Å². The quantitative estimate of drug-likeness (QED) is 0.892. The molecule has 1 heterocycles. The molecule has 0 bridgehead atoms. The van der Waals surface area contributed by atoms with E-state index in [0.29, 0.717) is 0 Å². The zero-order valence-electron chi connectivity index (χ0n) is 14.1. The molecule has 0 fully saturated rings. The van der Waals surface area contributed by atoms with Crippen LogP contribution in [0.2, 0.25) is 0 Å². The molecule has 2 atom stereocenters. The van der Waals surface area contributed by atoms with Crippen LogP contribution in [0, 0.1) is 6.92 Å². The second-order valence-corrected chi connectivity index (χ2v) is 7.06. The van der Waals surface area contributed by atoms with Gasteiger partial charge in [-0.1, -0.05) is 48.0 Å². The summed E-state index contributed by atoms with van der Waals surface area (Å²) in [6.45, 7) is 2.88. The van der Waals surface area contributed by atoms with Gasteiger partial charge in [0.2, 0.25) is 5.91 Å². The number of carbonyl (C=O) groups is 1. The van der Waals surface area contributed by atoms with E-state index >= 15 is 0 Å². The fourth-order valence-electron chi connectivity index (χ4n) is 4.01. The average Bonchev–Trinajstić information content (AvgIpc) is 2.61. The highest BCUT2D eigenvalue weighted by molar-refractivity contribution is 5.83. The fourth-order valence-corrected chi connectivity index (χ4v) is 4.01. The SMILES string of the molecule is Cc1ccc2c(c1)CN[C@H](C(=O)N[C@@H]1CCCc3ccccc31)C2. The van der Waals surface area contributed by atoms with Gasteiger partial charge in [0.15, 0.2) is 0 Å². The number of rotatable bonds is 2. The lowest BCUT2D eigenvalue weighted by Crippen LogP contribution is -2.48. The molecule has 4 rings (SSSR count). The van der Waals surface area contributed by atoms with Crippen LogP contribution in [0.15, 0.2) is 42.5 Å². The summed E-state index contributed by atoms with van der Waals surface area (Å²) in [5.74, 6) is 0.128. The minimum atomic E-state index is -0.130. The molecule has 2 N–H and O–H groups in total. The Kier molecular flexibility index (Phi) is 4.11. The summed E-state index contributed by atoms with van der Waals surface area (Å²) in [4.78, 5) is 12.8. The molecule has 0 unspecified atom stereocenters. The molecule has 3 heteroatoms. The summed E-state index contributed by atoms with van der Waals surface area (Å²) >= 11 is 0. The molecule has 1 aliphatic carbocycles. The molecule has 0 saturated heterocycles. The number of fused-ring (bicyclic) bond motifs is 2. The predicted octanol–water partition coefficient (Wildman–Crippen LogP) is 3.20. The fraction of sp³-hybridized carbons (Fsp3) is 0.381. The normalized spacial score (nSPS) is 22.4. The Bertz CT molecular complexity index is 768. The Labute approximate surface area is 143 Å². The third-order valence-electron chi connectivity index (χ3n) is 5.33. The van der Waals surface area contributed by atoms with E-state index in [2.05, 4.69) is 60.0 Å². The number of aryl methyl sites for hydroxylation is 2. The highest BCUT2D eigenvalue weighted by Crippen LogP contribution is 2.29. The number of hydrogen-bond acceptors (Lipinski definition) is 2. The lowest BCUT2D eigenvalue weighted by Gasteiger charge is -2.30. The van der Waals surface area contributed by atoms with Gasteiger partial charge in [-0.05, 0) is 54.9 Å². The van der Waals surface area contributed by atoms with E-state index in [1.807, 2.05) is 0 Å². The predicted molar refractivity (Wildman–Crippen MR) is 95.8 cm³/mol. The van der Waals surface area contributed by atoms with Gasteiger partial charge in [0, 0.05) is 6.54 Å². The van der Waals surface area contributed by atoms with Crippen LogP contribution < -0.4 is 10.6 Å². The third kappa shape index (κ3) is 2.96. The maximum Gasteiger partial charge on any atom is 0.237 e. The first kappa shape index (κ1) is 15.4. The van der Waals surface area contributed by atoms with E-state index in [4.69, 9.17) is 0 Å². The molecular formula is C21H24N2O. The first-order chi connectivity index (χ1) is 11.7. The second-order valence-electron chi connectivity index (χ2n) is 7.06. The van der Waals surface area contributed by atoms with Crippen LogP contribution in [0.1, 0.15) is 46.7 Å². The summed E-state index contributed by atoms with van der Waals surface area (Å²) < 4.78 is 0. The van der Waals surface area contributed by atoms with Gasteiger partial charge in [-0.2, -0.15) is 0 Å². The Balaban J connectivity index is 1.47. The zero-order valence-corrected chi connectivity index (χ0v) is 14.1. The van der Waals surface area contributed by atoms with Crippen molar-refractivity contribution in [1.29, 1.82) is 0 Å². The Morgan fingerprint density at radius 1 is 1.12 bits per heavy atom. The number of amides is 1. The standard InChI is InChI=1S/C21H24N2O/c1-14-9-10-16-12-20(22-13-17(16)11-14)21(24)23-19-8-4-6-15-5-2-3-7-18(15)19/h2-3,5,7,9-11,19-20,22H,4,6,8,12-13H2,1H3,(H,23,24)/t19-,20+/m1/s1. The van der Waals surface area contributed by atoms with Crippen LogP contribution >= 0.6 is 0 Å². The topological polar surface area (TPSA) is 41.1 Å².